The molecule has 2 aromatic rings. The molecule has 1 radical (unpaired) electrons. The maximum Gasteiger partial charge on any atom is 0 e. The fourth-order valence-electron chi connectivity index (χ4n) is 1.43. The Morgan fingerprint density at radius 3 is 1.29 bits per heavy atom. The van der Waals surface area contributed by atoms with Gasteiger partial charge in [-0.1, -0.05) is 60.7 Å². The van der Waals surface area contributed by atoms with Crippen LogP contribution in [0.4, 0.5) is 0 Å². The van der Waals surface area contributed by atoms with E-state index >= 15 is 0 Å². The summed E-state index contributed by atoms with van der Waals surface area (Å²) in [7, 11) is 0. The van der Waals surface area contributed by atoms with Gasteiger partial charge in [0, 0.05) is 17.1 Å². The molecule has 0 N–H and O–H groups in total. The molecule has 0 saturated carbocycles. The monoisotopic (exact) mass is 231 g/mol. The third-order valence-corrected chi connectivity index (χ3v) is 2.09. The quantitative estimate of drug-likeness (QED) is 0.696. The van der Waals surface area contributed by atoms with Gasteiger partial charge in [-0.05, 0) is 17.5 Å². The van der Waals surface area contributed by atoms with Crippen LogP contribution in [-0.4, -0.2) is 0 Å². The van der Waals surface area contributed by atoms with Gasteiger partial charge in [-0.25, -0.2) is 0 Å². The van der Waals surface area contributed by atoms with Crippen LogP contribution in [0.3, 0.4) is 0 Å². The van der Waals surface area contributed by atoms with Crippen LogP contribution < -0.4 is 0 Å². The Balaban J connectivity index is 0.000000980. The molecule has 1 heteroatoms. The van der Waals surface area contributed by atoms with Crippen LogP contribution in [0.25, 0.3) is 0 Å². The van der Waals surface area contributed by atoms with Crippen molar-refractivity contribution in [1.82, 2.24) is 0 Å². The molecule has 0 aliphatic heterocycles. The van der Waals surface area contributed by atoms with Crippen molar-refractivity contribution < 1.29 is 17.1 Å². The van der Waals surface area contributed by atoms with E-state index in [0.717, 1.165) is 6.42 Å². The summed E-state index contributed by atoms with van der Waals surface area (Å²) in [6, 6.07) is 21.1. The smallest absolute Gasteiger partial charge is 0 e. The van der Waals surface area contributed by atoms with Crippen molar-refractivity contribution in [2.75, 3.05) is 0 Å². The molecule has 0 bridgehead atoms. The first-order valence-electron chi connectivity index (χ1n) is 4.53. The largest absolute Gasteiger partial charge is 0.0622 e. The molecule has 0 aliphatic carbocycles. The molecule has 75 valence electrons. The van der Waals surface area contributed by atoms with Crippen molar-refractivity contribution in [3.05, 3.63) is 71.8 Å². The molecule has 0 nitrogen and oxygen atoms in total. The van der Waals surface area contributed by atoms with E-state index in [9.17, 15) is 0 Å². The average molecular weight is 232 g/mol. The minimum Gasteiger partial charge on any atom is -0.0622 e. The van der Waals surface area contributed by atoms with E-state index in [-0.39, 0.29) is 17.1 Å². The molecule has 0 heterocycles. The predicted molar refractivity (Wildman–Crippen MR) is 55.7 cm³/mol. The number of rotatable bonds is 2. The Morgan fingerprint density at radius 2 is 0.929 bits per heavy atom. The molecule has 0 spiro atoms. The molecular weight excluding hydrogens is 220 g/mol. The summed E-state index contributed by atoms with van der Waals surface area (Å²) in [4.78, 5) is 0. The Morgan fingerprint density at radius 1 is 0.571 bits per heavy atom. The van der Waals surface area contributed by atoms with Crippen LogP contribution in [-0.2, 0) is 23.5 Å². The molecule has 0 aliphatic rings. The summed E-state index contributed by atoms with van der Waals surface area (Å²) in [5.41, 5.74) is 2.74. The second-order valence-corrected chi connectivity index (χ2v) is 3.15. The standard InChI is InChI=1S/C13H12.Cu/c1-3-7-12(8-4-1)11-13-9-5-2-6-10-13;/h1-10H,11H2;. The minimum atomic E-state index is 0. The predicted octanol–water partition coefficient (Wildman–Crippen LogP) is 3.27. The Kier molecular flexibility index (Phi) is 4.45. The summed E-state index contributed by atoms with van der Waals surface area (Å²) < 4.78 is 0. The van der Waals surface area contributed by atoms with Crippen molar-refractivity contribution in [1.29, 1.82) is 0 Å². The molecule has 14 heavy (non-hydrogen) atoms. The summed E-state index contributed by atoms with van der Waals surface area (Å²) >= 11 is 0. The van der Waals surface area contributed by atoms with Crippen molar-refractivity contribution in [2.45, 2.75) is 6.42 Å². The van der Waals surface area contributed by atoms with Crippen LogP contribution >= 0.6 is 0 Å². The molecule has 0 saturated heterocycles. The van der Waals surface area contributed by atoms with Gasteiger partial charge in [0.2, 0.25) is 0 Å². The summed E-state index contributed by atoms with van der Waals surface area (Å²) in [6.07, 6.45) is 1.03. The number of hydrogen-bond donors (Lipinski definition) is 0. The Labute approximate surface area is 95.4 Å². The van der Waals surface area contributed by atoms with Gasteiger partial charge in [0.1, 0.15) is 0 Å². The second-order valence-electron chi connectivity index (χ2n) is 3.15. The van der Waals surface area contributed by atoms with Gasteiger partial charge >= 0.3 is 0 Å². The number of benzene rings is 2. The normalized spacial score (nSPS) is 9.14. The first-order chi connectivity index (χ1) is 6.45. The Hall–Kier alpha value is -1.04. The van der Waals surface area contributed by atoms with E-state index in [1.165, 1.54) is 11.1 Å². The second kappa shape index (κ2) is 5.64. The van der Waals surface area contributed by atoms with Crippen LogP contribution in [0, 0.1) is 0 Å². The van der Waals surface area contributed by atoms with Gasteiger partial charge in [0.15, 0.2) is 0 Å². The molecule has 2 rings (SSSR count). The first-order valence-corrected chi connectivity index (χ1v) is 4.53. The van der Waals surface area contributed by atoms with Crippen molar-refractivity contribution >= 4 is 0 Å². The zero-order chi connectivity index (χ0) is 8.93. The van der Waals surface area contributed by atoms with E-state index in [1.54, 1.807) is 0 Å². The van der Waals surface area contributed by atoms with Gasteiger partial charge in [-0.2, -0.15) is 0 Å². The zero-order valence-electron chi connectivity index (χ0n) is 7.78. The van der Waals surface area contributed by atoms with Crippen molar-refractivity contribution in [3.8, 4) is 0 Å². The number of hydrogen-bond acceptors (Lipinski definition) is 0. The van der Waals surface area contributed by atoms with Crippen LogP contribution in [0.2, 0.25) is 0 Å². The van der Waals surface area contributed by atoms with Gasteiger partial charge in [0.05, 0.1) is 0 Å². The molecule has 0 aromatic heterocycles. The first kappa shape index (κ1) is 11.0. The third-order valence-electron chi connectivity index (χ3n) is 2.09. The molecule has 0 fully saturated rings. The molecular formula is C13H12Cu. The molecule has 0 unspecified atom stereocenters. The zero-order valence-corrected chi connectivity index (χ0v) is 8.72. The van der Waals surface area contributed by atoms with Crippen molar-refractivity contribution in [3.63, 3.8) is 0 Å². The van der Waals surface area contributed by atoms with Crippen LogP contribution in [0.15, 0.2) is 60.7 Å². The van der Waals surface area contributed by atoms with E-state index in [0.29, 0.717) is 0 Å². The summed E-state index contributed by atoms with van der Waals surface area (Å²) in [5.74, 6) is 0. The molecule has 2 aromatic carbocycles. The minimum absolute atomic E-state index is 0. The fraction of sp³-hybridized carbons (Fsp3) is 0.0769. The van der Waals surface area contributed by atoms with Gasteiger partial charge in [0.25, 0.3) is 0 Å². The van der Waals surface area contributed by atoms with Crippen LogP contribution in [0.1, 0.15) is 11.1 Å². The Bertz CT molecular complexity index is 316. The topological polar surface area (TPSA) is 0 Å². The fourth-order valence-corrected chi connectivity index (χ4v) is 1.43. The maximum atomic E-state index is 2.16. The molecule has 0 amide bonds. The third kappa shape index (κ3) is 3.02. The van der Waals surface area contributed by atoms with E-state index in [1.807, 2.05) is 0 Å². The van der Waals surface area contributed by atoms with Gasteiger partial charge < -0.3 is 0 Å². The van der Waals surface area contributed by atoms with E-state index in [4.69, 9.17) is 0 Å². The average Bonchev–Trinajstić information content (AvgIpc) is 2.21. The van der Waals surface area contributed by atoms with Crippen molar-refractivity contribution in [2.24, 2.45) is 0 Å². The van der Waals surface area contributed by atoms with E-state index < -0.39 is 0 Å². The summed E-state index contributed by atoms with van der Waals surface area (Å²) in [6.45, 7) is 0. The van der Waals surface area contributed by atoms with Gasteiger partial charge in [-0.15, -0.1) is 0 Å². The van der Waals surface area contributed by atoms with Gasteiger partial charge in [-0.3, -0.25) is 0 Å². The van der Waals surface area contributed by atoms with E-state index in [2.05, 4.69) is 60.7 Å². The van der Waals surface area contributed by atoms with Crippen LogP contribution in [0.5, 0.6) is 0 Å². The summed E-state index contributed by atoms with van der Waals surface area (Å²) in [5, 5.41) is 0. The maximum absolute atomic E-state index is 2.16. The molecule has 0 atom stereocenters. The SMILES string of the molecule is [Cu].c1ccc(Cc2ccccc2)cc1.